The summed E-state index contributed by atoms with van der Waals surface area (Å²) in [5.41, 5.74) is 12.2. The molecule has 0 aliphatic heterocycles. The zero-order chi connectivity index (χ0) is 39.6. The zero-order valence-corrected chi connectivity index (χ0v) is 34.3. The van der Waals surface area contributed by atoms with Crippen LogP contribution in [0.2, 0.25) is 0 Å². The first-order valence-corrected chi connectivity index (χ1v) is 21.7. The molecule has 10 aromatic rings. The normalized spacial score (nSPS) is 13.7. The largest absolute Gasteiger partial charge is 0.485 e. The smallest absolute Gasteiger partial charge is 0.139 e. The Morgan fingerprint density at radius 2 is 1.44 bits per heavy atom. The standard InChI is InChI=1S/C54H44N2O2S/c1-4-34(2)39-31-32-47-53(54(39)57-35(3)36-17-7-5-8-18-36)41-30-29-38(33-48(41)58-47)56(46-26-16-28-50-52(46)42-22-12-14-27-49(42)59-50)45-25-15-24-44-51(45)40-21-11-13-23-43(40)55(44)37-19-9-6-10-20-37/h5-13,15-26,28-35H,4,14,27H2,1-3H3. The van der Waals surface area contributed by atoms with Crippen molar-refractivity contribution in [2.45, 2.75) is 52.1 Å². The molecule has 1 aliphatic carbocycles. The van der Waals surface area contributed by atoms with Gasteiger partial charge in [0, 0.05) is 48.6 Å². The number of thiophene rings is 1. The van der Waals surface area contributed by atoms with Crippen LogP contribution in [-0.2, 0) is 6.42 Å². The van der Waals surface area contributed by atoms with Crippen LogP contribution in [0.15, 0.2) is 162 Å². The minimum Gasteiger partial charge on any atom is -0.485 e. The zero-order valence-electron chi connectivity index (χ0n) is 33.5. The van der Waals surface area contributed by atoms with Crippen LogP contribution < -0.4 is 9.64 Å². The minimum atomic E-state index is -0.131. The van der Waals surface area contributed by atoms with E-state index < -0.39 is 0 Å². The third-order valence-corrected chi connectivity index (χ3v) is 13.6. The Morgan fingerprint density at radius 1 is 0.695 bits per heavy atom. The SMILES string of the molecule is CCC(C)c1ccc2oc3cc(N(c4cccc5sc6c(c45)C=CCC6)c4cccc5c4c4ccccc4n5-c4ccccc4)ccc3c2c1OC(C)c1ccccc1. The van der Waals surface area contributed by atoms with Crippen molar-refractivity contribution < 1.29 is 9.15 Å². The van der Waals surface area contributed by atoms with Crippen molar-refractivity contribution in [3.05, 3.63) is 179 Å². The van der Waals surface area contributed by atoms with Crippen LogP contribution in [0, 0.1) is 0 Å². The van der Waals surface area contributed by atoms with Gasteiger partial charge in [-0.25, -0.2) is 0 Å². The molecule has 1 aliphatic rings. The van der Waals surface area contributed by atoms with E-state index >= 15 is 0 Å². The Bertz CT molecular complexity index is 3230. The van der Waals surface area contributed by atoms with E-state index in [4.69, 9.17) is 9.15 Å². The average Bonchev–Trinajstić information content (AvgIpc) is 3.97. The molecule has 4 nitrogen and oxygen atoms in total. The van der Waals surface area contributed by atoms with E-state index in [1.807, 2.05) is 11.3 Å². The van der Waals surface area contributed by atoms with Crippen molar-refractivity contribution in [1.29, 1.82) is 0 Å². The monoisotopic (exact) mass is 784 g/mol. The van der Waals surface area contributed by atoms with Crippen LogP contribution in [0.4, 0.5) is 17.1 Å². The van der Waals surface area contributed by atoms with Crippen LogP contribution in [0.25, 0.3) is 65.6 Å². The van der Waals surface area contributed by atoms with Crippen LogP contribution in [0.1, 0.15) is 67.2 Å². The molecule has 2 unspecified atom stereocenters. The molecule has 0 radical (unpaired) electrons. The van der Waals surface area contributed by atoms with E-state index in [9.17, 15) is 0 Å². The third-order valence-electron chi connectivity index (χ3n) is 12.4. The number of nitrogens with zero attached hydrogens (tertiary/aromatic N) is 2. The fraction of sp³-hybridized carbons (Fsp3) is 0.148. The van der Waals surface area contributed by atoms with E-state index in [0.717, 1.165) is 80.8 Å². The van der Waals surface area contributed by atoms with Gasteiger partial charge in [0.25, 0.3) is 0 Å². The number of allylic oxidation sites excluding steroid dienone is 1. The Labute approximate surface area is 348 Å². The van der Waals surface area contributed by atoms with Gasteiger partial charge in [0.1, 0.15) is 23.0 Å². The molecule has 0 amide bonds. The quantitative estimate of drug-likeness (QED) is 0.146. The van der Waals surface area contributed by atoms with E-state index in [1.165, 1.54) is 42.4 Å². The van der Waals surface area contributed by atoms with Gasteiger partial charge in [-0.1, -0.05) is 111 Å². The molecule has 3 aromatic heterocycles. The first kappa shape index (κ1) is 35.6. The maximum Gasteiger partial charge on any atom is 0.139 e. The van der Waals surface area contributed by atoms with E-state index in [2.05, 4.69) is 194 Å². The second-order valence-electron chi connectivity index (χ2n) is 15.8. The number of para-hydroxylation sites is 2. The van der Waals surface area contributed by atoms with E-state index in [0.29, 0.717) is 5.92 Å². The molecule has 0 saturated carbocycles. The summed E-state index contributed by atoms with van der Waals surface area (Å²) in [4.78, 5) is 3.93. The van der Waals surface area contributed by atoms with Crippen molar-refractivity contribution in [2.24, 2.45) is 0 Å². The molecule has 0 saturated heterocycles. The van der Waals surface area contributed by atoms with Gasteiger partial charge in [0.05, 0.1) is 27.8 Å². The maximum absolute atomic E-state index is 6.99. The summed E-state index contributed by atoms with van der Waals surface area (Å²) < 4.78 is 17.6. The number of aryl methyl sites for hydroxylation is 1. The van der Waals surface area contributed by atoms with Gasteiger partial charge >= 0.3 is 0 Å². The van der Waals surface area contributed by atoms with Gasteiger partial charge < -0.3 is 18.6 Å². The van der Waals surface area contributed by atoms with Gasteiger partial charge in [-0.05, 0) is 109 Å². The topological polar surface area (TPSA) is 30.5 Å². The number of hydrogen-bond donors (Lipinski definition) is 0. The Morgan fingerprint density at radius 3 is 2.27 bits per heavy atom. The molecule has 5 heteroatoms. The lowest BCUT2D eigenvalue weighted by molar-refractivity contribution is 0.226. The molecular weight excluding hydrogens is 741 g/mol. The lowest BCUT2D eigenvalue weighted by Crippen LogP contribution is -2.11. The number of anilines is 3. The van der Waals surface area contributed by atoms with Crippen LogP contribution in [0.5, 0.6) is 5.75 Å². The van der Waals surface area contributed by atoms with Crippen LogP contribution in [-0.4, -0.2) is 4.57 Å². The lowest BCUT2D eigenvalue weighted by Gasteiger charge is -2.28. The third kappa shape index (κ3) is 5.78. The van der Waals surface area contributed by atoms with Gasteiger partial charge in [0.2, 0.25) is 0 Å². The van der Waals surface area contributed by atoms with Crippen molar-refractivity contribution in [3.63, 3.8) is 0 Å². The van der Waals surface area contributed by atoms with Crippen molar-refractivity contribution in [3.8, 4) is 11.4 Å². The van der Waals surface area contributed by atoms with Gasteiger partial charge in [-0.3, -0.25) is 0 Å². The van der Waals surface area contributed by atoms with E-state index in [-0.39, 0.29) is 6.10 Å². The second-order valence-corrected chi connectivity index (χ2v) is 17.0. The number of fused-ring (bicyclic) bond motifs is 9. The molecule has 2 atom stereocenters. The average molecular weight is 785 g/mol. The first-order chi connectivity index (χ1) is 29.1. The highest BCUT2D eigenvalue weighted by molar-refractivity contribution is 7.19. The summed E-state index contributed by atoms with van der Waals surface area (Å²) in [6, 6.07) is 54.7. The maximum atomic E-state index is 6.99. The summed E-state index contributed by atoms with van der Waals surface area (Å²) >= 11 is 1.93. The van der Waals surface area contributed by atoms with E-state index in [1.54, 1.807) is 0 Å². The van der Waals surface area contributed by atoms with Crippen molar-refractivity contribution in [2.75, 3.05) is 4.90 Å². The number of aromatic nitrogens is 1. The predicted octanol–water partition coefficient (Wildman–Crippen LogP) is 16.0. The lowest BCUT2D eigenvalue weighted by atomic mass is 9.95. The molecule has 11 rings (SSSR count). The molecule has 288 valence electrons. The molecule has 0 bridgehead atoms. The Balaban J connectivity index is 1.18. The Hall–Kier alpha value is -6.56. The molecule has 3 heterocycles. The van der Waals surface area contributed by atoms with Crippen LogP contribution >= 0.6 is 11.3 Å². The molecular formula is C54H44N2O2S. The van der Waals surface area contributed by atoms with Gasteiger partial charge in [-0.15, -0.1) is 11.3 Å². The number of ether oxygens (including phenoxy) is 1. The fourth-order valence-corrected chi connectivity index (χ4v) is 10.5. The summed E-state index contributed by atoms with van der Waals surface area (Å²) in [5, 5.41) is 5.80. The highest BCUT2D eigenvalue weighted by Gasteiger charge is 2.27. The molecule has 0 spiro atoms. The Kier molecular flexibility index (Phi) is 8.67. The highest BCUT2D eigenvalue weighted by Crippen LogP contribution is 2.50. The van der Waals surface area contributed by atoms with Crippen LogP contribution in [0.3, 0.4) is 0 Å². The summed E-state index contributed by atoms with van der Waals surface area (Å²) in [6.07, 6.45) is 7.70. The summed E-state index contributed by atoms with van der Waals surface area (Å²) in [7, 11) is 0. The molecule has 59 heavy (non-hydrogen) atoms. The summed E-state index contributed by atoms with van der Waals surface area (Å²) in [6.45, 7) is 6.67. The van der Waals surface area contributed by atoms with Gasteiger partial charge in [-0.2, -0.15) is 0 Å². The fourth-order valence-electron chi connectivity index (χ4n) is 9.30. The number of benzene rings is 7. The number of hydrogen-bond acceptors (Lipinski definition) is 4. The molecule has 0 fully saturated rings. The number of furan rings is 1. The first-order valence-electron chi connectivity index (χ1n) is 20.9. The van der Waals surface area contributed by atoms with Gasteiger partial charge in [0.15, 0.2) is 0 Å². The predicted molar refractivity (Wildman–Crippen MR) is 250 cm³/mol. The molecule has 0 N–H and O–H groups in total. The van der Waals surface area contributed by atoms with Crippen molar-refractivity contribution in [1.82, 2.24) is 4.57 Å². The molecule has 7 aromatic carbocycles. The summed E-state index contributed by atoms with van der Waals surface area (Å²) in [5.74, 6) is 1.23. The highest BCUT2D eigenvalue weighted by atomic mass is 32.1. The van der Waals surface area contributed by atoms with Crippen molar-refractivity contribution >= 4 is 88.3 Å². The number of rotatable bonds is 9. The minimum absolute atomic E-state index is 0.131. The second kappa shape index (κ2) is 14.4.